The highest BCUT2D eigenvalue weighted by Gasteiger charge is 2.39. The molecular weight excluding hydrogens is 386 g/mol. The number of carbonyl (C=O) groups is 2. The van der Waals surface area contributed by atoms with E-state index in [4.69, 9.17) is 17.0 Å². The Bertz CT molecular complexity index is 1170. The Morgan fingerprint density at radius 2 is 2.20 bits per heavy atom. The molecule has 3 aromatic rings. The van der Waals surface area contributed by atoms with Crippen molar-refractivity contribution in [2.45, 2.75) is 12.2 Å². The average molecular weight is 405 g/mol. The summed E-state index contributed by atoms with van der Waals surface area (Å²) >= 11 is 0. The molecule has 9 nitrogen and oxygen atoms in total. The Kier molecular flexibility index (Phi) is 5.10. The molecule has 1 saturated heterocycles. The standard InChI is InChI=1S/C21H19N5O4/c1-23-13-3-2-4-15(10-13)26-7-8-30-18(21(26)29)17(27)20(28)25-14-5-6-16-12(9-14)11-24-19(16)22/h2-6,9-11,17-18,24,27H,7-8,22H2,(H,25,28)/t17-,18-/m1/s1. The zero-order chi connectivity index (χ0) is 21.3. The maximum absolute atomic E-state index is 12.9. The molecule has 1 aliphatic heterocycles. The zero-order valence-electron chi connectivity index (χ0n) is 15.8. The van der Waals surface area contributed by atoms with Crippen LogP contribution in [-0.4, -0.2) is 47.3 Å². The quantitative estimate of drug-likeness (QED) is 0.494. The van der Waals surface area contributed by atoms with E-state index in [2.05, 4.69) is 15.1 Å². The molecule has 1 fully saturated rings. The molecule has 0 saturated carbocycles. The minimum atomic E-state index is -1.70. The Labute approximate surface area is 171 Å². The first-order valence-electron chi connectivity index (χ1n) is 9.24. The average Bonchev–Trinajstić information content (AvgIpc) is 3.13. The highest BCUT2D eigenvalue weighted by molar-refractivity contribution is 6.05. The van der Waals surface area contributed by atoms with Crippen molar-refractivity contribution >= 4 is 45.5 Å². The molecule has 2 amide bonds. The van der Waals surface area contributed by atoms with Crippen LogP contribution in [0.5, 0.6) is 0 Å². The maximum atomic E-state index is 12.9. The lowest BCUT2D eigenvalue weighted by atomic mass is 10.1. The van der Waals surface area contributed by atoms with Crippen molar-refractivity contribution in [2.75, 3.05) is 29.1 Å². The summed E-state index contributed by atoms with van der Waals surface area (Å²) in [7, 11) is 0. The number of aliphatic hydroxyl groups excluding tert-OH is 1. The summed E-state index contributed by atoms with van der Waals surface area (Å²) in [6, 6.07) is 11.7. The number of morpholine rings is 1. The number of anilines is 3. The molecule has 0 unspecified atom stereocenters. The van der Waals surface area contributed by atoms with E-state index in [1.165, 1.54) is 4.90 Å². The van der Waals surface area contributed by atoms with E-state index < -0.39 is 24.0 Å². The number of ether oxygens (including phenoxy) is 1. The molecule has 0 aliphatic carbocycles. The third-order valence-corrected chi connectivity index (χ3v) is 4.94. The van der Waals surface area contributed by atoms with E-state index in [0.717, 1.165) is 10.8 Å². The second kappa shape index (κ2) is 7.87. The Hall–Kier alpha value is -3.87. The summed E-state index contributed by atoms with van der Waals surface area (Å²) < 4.78 is 5.41. The van der Waals surface area contributed by atoms with Crippen molar-refractivity contribution in [1.82, 2.24) is 4.98 Å². The molecule has 2 atom stereocenters. The second-order valence-corrected chi connectivity index (χ2v) is 6.85. The molecule has 30 heavy (non-hydrogen) atoms. The minimum absolute atomic E-state index is 0.150. The van der Waals surface area contributed by atoms with Crippen molar-refractivity contribution in [2.24, 2.45) is 0 Å². The molecule has 5 N–H and O–H groups in total. The number of aromatic amines is 1. The van der Waals surface area contributed by atoms with Gasteiger partial charge in [-0.1, -0.05) is 12.1 Å². The van der Waals surface area contributed by atoms with Crippen LogP contribution in [-0.2, 0) is 14.3 Å². The van der Waals surface area contributed by atoms with E-state index in [9.17, 15) is 14.7 Å². The number of benzene rings is 2. The van der Waals surface area contributed by atoms with Gasteiger partial charge in [0.05, 0.1) is 13.2 Å². The van der Waals surface area contributed by atoms with Gasteiger partial charge in [-0.3, -0.25) is 9.59 Å². The molecule has 4 rings (SSSR count). The van der Waals surface area contributed by atoms with Crippen LogP contribution in [0.25, 0.3) is 15.6 Å². The summed E-state index contributed by atoms with van der Waals surface area (Å²) in [5.41, 5.74) is 7.17. The number of rotatable bonds is 4. The number of nitrogens with one attached hydrogen (secondary N) is 2. The van der Waals surface area contributed by atoms with E-state index in [0.29, 0.717) is 22.9 Å². The highest BCUT2D eigenvalue weighted by atomic mass is 16.5. The van der Waals surface area contributed by atoms with Crippen molar-refractivity contribution in [1.29, 1.82) is 0 Å². The first kappa shape index (κ1) is 19.4. The van der Waals surface area contributed by atoms with Crippen LogP contribution in [0.15, 0.2) is 48.7 Å². The van der Waals surface area contributed by atoms with E-state index in [-0.39, 0.29) is 13.2 Å². The van der Waals surface area contributed by atoms with Crippen molar-refractivity contribution in [3.63, 3.8) is 0 Å². The molecule has 152 valence electrons. The van der Waals surface area contributed by atoms with Gasteiger partial charge >= 0.3 is 0 Å². The summed E-state index contributed by atoms with van der Waals surface area (Å²) in [4.78, 5) is 33.1. The fraction of sp³-hybridized carbons (Fsp3) is 0.190. The number of H-pyrrole nitrogens is 1. The van der Waals surface area contributed by atoms with Crippen LogP contribution >= 0.6 is 0 Å². The first-order valence-corrected chi connectivity index (χ1v) is 9.24. The number of nitrogen functional groups attached to an aromatic ring is 1. The normalized spacial score (nSPS) is 17.5. The van der Waals surface area contributed by atoms with Crippen molar-refractivity contribution in [3.05, 3.63) is 60.1 Å². The van der Waals surface area contributed by atoms with E-state index >= 15 is 0 Å². The predicted molar refractivity (Wildman–Crippen MR) is 112 cm³/mol. The lowest BCUT2D eigenvalue weighted by Crippen LogP contribution is -2.55. The largest absolute Gasteiger partial charge is 0.385 e. The first-order chi connectivity index (χ1) is 14.5. The van der Waals surface area contributed by atoms with Crippen LogP contribution < -0.4 is 16.0 Å². The number of aliphatic hydroxyl groups is 1. The van der Waals surface area contributed by atoms with Gasteiger partial charge in [0.2, 0.25) is 0 Å². The van der Waals surface area contributed by atoms with Crippen LogP contribution in [0.3, 0.4) is 0 Å². The van der Waals surface area contributed by atoms with E-state index in [1.54, 1.807) is 48.7 Å². The van der Waals surface area contributed by atoms with Crippen molar-refractivity contribution < 1.29 is 19.4 Å². The molecule has 2 aromatic carbocycles. The molecule has 1 aliphatic rings. The molecule has 0 spiro atoms. The molecular formula is C21H19N5O4. The monoisotopic (exact) mass is 405 g/mol. The summed E-state index contributed by atoms with van der Waals surface area (Å²) in [6.45, 7) is 7.53. The number of nitrogens with zero attached hydrogens (tertiary/aromatic N) is 2. The van der Waals surface area contributed by atoms with Gasteiger partial charge in [-0.25, -0.2) is 4.85 Å². The lowest BCUT2D eigenvalue weighted by Gasteiger charge is -2.34. The lowest BCUT2D eigenvalue weighted by molar-refractivity contribution is -0.150. The maximum Gasteiger partial charge on any atom is 0.259 e. The fourth-order valence-corrected chi connectivity index (χ4v) is 3.41. The third-order valence-electron chi connectivity index (χ3n) is 4.94. The number of hydrogen-bond donors (Lipinski definition) is 4. The highest BCUT2D eigenvalue weighted by Crippen LogP contribution is 2.26. The van der Waals surface area contributed by atoms with Gasteiger partial charge in [-0.2, -0.15) is 0 Å². The van der Waals surface area contributed by atoms with Gasteiger partial charge < -0.3 is 30.8 Å². The summed E-state index contributed by atoms with van der Waals surface area (Å²) in [6.07, 6.45) is -1.34. The molecule has 1 aromatic heterocycles. The van der Waals surface area contributed by atoms with Crippen molar-refractivity contribution in [3.8, 4) is 0 Å². The molecule has 9 heteroatoms. The van der Waals surface area contributed by atoms with E-state index in [1.807, 2.05) is 0 Å². The number of fused-ring (bicyclic) bond motifs is 1. The van der Waals surface area contributed by atoms with Gasteiger partial charge in [0.25, 0.3) is 11.8 Å². The Balaban J connectivity index is 1.49. The number of aromatic nitrogens is 1. The predicted octanol–water partition coefficient (Wildman–Crippen LogP) is 2.03. The Morgan fingerprint density at radius 3 is 3.00 bits per heavy atom. The smallest absolute Gasteiger partial charge is 0.259 e. The fourth-order valence-electron chi connectivity index (χ4n) is 3.41. The van der Waals surface area contributed by atoms with Gasteiger partial charge in [0.1, 0.15) is 5.82 Å². The topological polar surface area (TPSA) is 125 Å². The van der Waals surface area contributed by atoms with Crippen LogP contribution in [0.4, 0.5) is 22.9 Å². The number of hydrogen-bond acceptors (Lipinski definition) is 5. The molecule has 0 bridgehead atoms. The summed E-state index contributed by atoms with van der Waals surface area (Å²) in [5.74, 6) is -0.778. The van der Waals surface area contributed by atoms with Crippen LogP contribution in [0, 0.1) is 6.57 Å². The van der Waals surface area contributed by atoms with Gasteiger partial charge in [-0.15, -0.1) is 0 Å². The molecule has 0 radical (unpaired) electrons. The van der Waals surface area contributed by atoms with Crippen LogP contribution in [0.2, 0.25) is 0 Å². The van der Waals surface area contributed by atoms with Gasteiger partial charge in [-0.05, 0) is 30.3 Å². The number of amides is 2. The Morgan fingerprint density at radius 1 is 1.37 bits per heavy atom. The third kappa shape index (κ3) is 3.57. The van der Waals surface area contributed by atoms with Crippen LogP contribution in [0.1, 0.15) is 0 Å². The zero-order valence-corrected chi connectivity index (χ0v) is 15.8. The SMILES string of the molecule is [C-]#[N+]c1cccc(N2CCO[C@H]([C@@H](O)C(=O)Nc3ccc4c(N)[nH]cc4c3)C2=O)c1. The van der Waals surface area contributed by atoms with Gasteiger partial charge in [0.15, 0.2) is 17.9 Å². The minimum Gasteiger partial charge on any atom is -0.385 e. The second-order valence-electron chi connectivity index (χ2n) is 6.85. The summed E-state index contributed by atoms with van der Waals surface area (Å²) in [5, 5.41) is 14.7. The van der Waals surface area contributed by atoms with Gasteiger partial charge in [0, 0.05) is 34.9 Å². The number of carbonyl (C=O) groups excluding carboxylic acids is 2. The molecule has 2 heterocycles. The number of nitrogens with two attached hydrogens (primary N) is 1.